The van der Waals surface area contributed by atoms with Crippen molar-refractivity contribution in [3.8, 4) is 0 Å². The van der Waals surface area contributed by atoms with Gasteiger partial charge in [-0.2, -0.15) is 0 Å². The van der Waals surface area contributed by atoms with E-state index in [4.69, 9.17) is 16.7 Å². The molecule has 0 saturated heterocycles. The molecule has 0 aliphatic carbocycles. The molecule has 3 nitrogen and oxygen atoms in total. The van der Waals surface area contributed by atoms with E-state index in [9.17, 15) is 4.79 Å². The summed E-state index contributed by atoms with van der Waals surface area (Å²) in [6, 6.07) is 7.55. The summed E-state index contributed by atoms with van der Waals surface area (Å²) < 4.78 is 0. The molecular formula is C14H14ClNO2S. The molecule has 0 amide bonds. The Morgan fingerprint density at radius 2 is 1.89 bits per heavy atom. The number of halogens is 1. The van der Waals surface area contributed by atoms with Gasteiger partial charge in [-0.05, 0) is 38.5 Å². The Morgan fingerprint density at radius 1 is 1.32 bits per heavy atom. The first kappa shape index (κ1) is 14.0. The molecule has 0 fully saturated rings. The van der Waals surface area contributed by atoms with E-state index in [1.807, 2.05) is 38.1 Å². The Kier molecular flexibility index (Phi) is 3.65. The summed E-state index contributed by atoms with van der Waals surface area (Å²) in [5, 5.41) is 10.6. The van der Waals surface area contributed by atoms with Crippen molar-refractivity contribution in [2.24, 2.45) is 0 Å². The van der Waals surface area contributed by atoms with Gasteiger partial charge in [0, 0.05) is 10.4 Å². The van der Waals surface area contributed by atoms with Gasteiger partial charge in [-0.15, -0.1) is 11.3 Å². The largest absolute Gasteiger partial charge is 0.477 e. The first-order valence-electron chi connectivity index (χ1n) is 5.79. The third kappa shape index (κ3) is 2.65. The number of aromatic carboxylic acids is 1. The molecule has 1 N–H and O–H groups in total. The third-order valence-corrected chi connectivity index (χ3v) is 4.81. The van der Waals surface area contributed by atoms with Crippen LogP contribution in [0.15, 0.2) is 24.3 Å². The van der Waals surface area contributed by atoms with Gasteiger partial charge < -0.3 is 5.11 Å². The molecule has 1 heterocycles. The SMILES string of the molecule is Cc1nc(C(C)(C)c2ccc(Cl)cc2)sc1C(=O)O. The zero-order valence-electron chi connectivity index (χ0n) is 10.9. The van der Waals surface area contributed by atoms with Gasteiger partial charge in [0.1, 0.15) is 9.88 Å². The minimum atomic E-state index is -0.923. The van der Waals surface area contributed by atoms with Crippen LogP contribution >= 0.6 is 22.9 Å². The number of hydrogen-bond acceptors (Lipinski definition) is 3. The van der Waals surface area contributed by atoms with Crippen LogP contribution in [0, 0.1) is 6.92 Å². The maximum absolute atomic E-state index is 11.1. The molecule has 0 saturated carbocycles. The van der Waals surface area contributed by atoms with Crippen molar-refractivity contribution in [2.45, 2.75) is 26.2 Å². The van der Waals surface area contributed by atoms with Crippen molar-refractivity contribution in [2.75, 3.05) is 0 Å². The van der Waals surface area contributed by atoms with Crippen molar-refractivity contribution < 1.29 is 9.90 Å². The van der Waals surface area contributed by atoms with Crippen LogP contribution in [-0.4, -0.2) is 16.1 Å². The Morgan fingerprint density at radius 3 is 2.37 bits per heavy atom. The highest BCUT2D eigenvalue weighted by Crippen LogP contribution is 2.35. The molecular weight excluding hydrogens is 282 g/mol. The van der Waals surface area contributed by atoms with Gasteiger partial charge in [0.2, 0.25) is 0 Å². The van der Waals surface area contributed by atoms with E-state index in [-0.39, 0.29) is 5.41 Å². The van der Waals surface area contributed by atoms with Gasteiger partial charge in [0.05, 0.1) is 5.69 Å². The third-order valence-electron chi connectivity index (χ3n) is 3.09. The summed E-state index contributed by atoms with van der Waals surface area (Å²) in [7, 11) is 0. The molecule has 0 unspecified atom stereocenters. The van der Waals surface area contributed by atoms with Gasteiger partial charge in [-0.3, -0.25) is 0 Å². The van der Waals surface area contributed by atoms with Crippen LogP contribution < -0.4 is 0 Å². The van der Waals surface area contributed by atoms with Gasteiger partial charge in [0.25, 0.3) is 0 Å². The van der Waals surface area contributed by atoms with Gasteiger partial charge >= 0.3 is 5.97 Å². The summed E-state index contributed by atoms with van der Waals surface area (Å²) in [5.74, 6) is -0.923. The molecule has 0 spiro atoms. The number of aryl methyl sites for hydroxylation is 1. The van der Waals surface area contributed by atoms with Crippen molar-refractivity contribution in [3.63, 3.8) is 0 Å². The number of rotatable bonds is 3. The number of carboxylic acid groups (broad SMARTS) is 1. The molecule has 2 rings (SSSR count). The van der Waals surface area contributed by atoms with Crippen molar-refractivity contribution in [1.29, 1.82) is 0 Å². The van der Waals surface area contributed by atoms with Crippen molar-refractivity contribution in [1.82, 2.24) is 4.98 Å². The number of nitrogens with zero attached hydrogens (tertiary/aromatic N) is 1. The molecule has 1 aromatic carbocycles. The summed E-state index contributed by atoms with van der Waals surface area (Å²) in [4.78, 5) is 15.8. The highest BCUT2D eigenvalue weighted by atomic mass is 35.5. The summed E-state index contributed by atoms with van der Waals surface area (Å²) in [6.45, 7) is 5.78. The van der Waals surface area contributed by atoms with E-state index in [1.165, 1.54) is 11.3 Å². The van der Waals surface area contributed by atoms with Crippen LogP contribution in [0.1, 0.15) is 39.8 Å². The van der Waals surface area contributed by atoms with E-state index < -0.39 is 5.97 Å². The number of thiazole rings is 1. The molecule has 19 heavy (non-hydrogen) atoms. The number of benzene rings is 1. The predicted molar refractivity (Wildman–Crippen MR) is 77.4 cm³/mol. The fourth-order valence-corrected chi connectivity index (χ4v) is 3.01. The second-order valence-electron chi connectivity index (χ2n) is 4.87. The van der Waals surface area contributed by atoms with Crippen LogP contribution in [0.3, 0.4) is 0 Å². The summed E-state index contributed by atoms with van der Waals surface area (Å²) in [5.41, 5.74) is 1.28. The number of carboxylic acids is 1. The maximum Gasteiger partial charge on any atom is 0.347 e. The first-order chi connectivity index (χ1) is 8.82. The van der Waals surface area contributed by atoms with Gasteiger partial charge in [-0.25, -0.2) is 9.78 Å². The Hall–Kier alpha value is -1.39. The zero-order chi connectivity index (χ0) is 14.2. The lowest BCUT2D eigenvalue weighted by Crippen LogP contribution is -2.18. The van der Waals surface area contributed by atoms with E-state index in [2.05, 4.69) is 4.98 Å². The molecule has 0 aliphatic rings. The molecule has 0 atom stereocenters. The van der Waals surface area contributed by atoms with Crippen LogP contribution in [0.4, 0.5) is 0 Å². The van der Waals surface area contributed by atoms with Crippen molar-refractivity contribution >= 4 is 28.9 Å². The second kappa shape index (κ2) is 4.94. The molecule has 2 aromatic rings. The Balaban J connectivity index is 2.47. The normalized spacial score (nSPS) is 11.6. The quantitative estimate of drug-likeness (QED) is 0.926. The van der Waals surface area contributed by atoms with Crippen molar-refractivity contribution in [3.05, 3.63) is 50.4 Å². The van der Waals surface area contributed by atoms with E-state index in [0.29, 0.717) is 15.6 Å². The first-order valence-corrected chi connectivity index (χ1v) is 6.99. The smallest absolute Gasteiger partial charge is 0.347 e. The van der Waals surface area contributed by atoms with Crippen LogP contribution in [0.25, 0.3) is 0 Å². The van der Waals surface area contributed by atoms with Crippen LogP contribution in [0.5, 0.6) is 0 Å². The Labute approximate surface area is 120 Å². The predicted octanol–water partition coefficient (Wildman–Crippen LogP) is 4.13. The molecule has 5 heteroatoms. The maximum atomic E-state index is 11.1. The average Bonchev–Trinajstić information content (AvgIpc) is 2.72. The lowest BCUT2D eigenvalue weighted by atomic mass is 9.85. The molecule has 0 radical (unpaired) electrons. The van der Waals surface area contributed by atoms with Crippen LogP contribution in [0.2, 0.25) is 5.02 Å². The van der Waals surface area contributed by atoms with Gasteiger partial charge in [0.15, 0.2) is 0 Å². The summed E-state index contributed by atoms with van der Waals surface area (Å²) >= 11 is 7.12. The summed E-state index contributed by atoms with van der Waals surface area (Å²) in [6.07, 6.45) is 0. The minimum absolute atomic E-state index is 0.303. The number of aromatic nitrogens is 1. The molecule has 0 aliphatic heterocycles. The highest BCUT2D eigenvalue weighted by Gasteiger charge is 2.29. The van der Waals surface area contributed by atoms with E-state index in [0.717, 1.165) is 10.6 Å². The average molecular weight is 296 g/mol. The monoisotopic (exact) mass is 295 g/mol. The fraction of sp³-hybridized carbons (Fsp3) is 0.286. The molecule has 1 aromatic heterocycles. The van der Waals surface area contributed by atoms with E-state index in [1.54, 1.807) is 6.92 Å². The standard InChI is InChI=1S/C14H14ClNO2S/c1-8-11(12(17)18)19-13(16-8)14(2,3)9-4-6-10(15)7-5-9/h4-7H,1-3H3,(H,17,18). The molecule has 100 valence electrons. The highest BCUT2D eigenvalue weighted by molar-refractivity contribution is 7.13. The minimum Gasteiger partial charge on any atom is -0.477 e. The molecule has 0 bridgehead atoms. The van der Waals surface area contributed by atoms with Gasteiger partial charge in [-0.1, -0.05) is 23.7 Å². The lowest BCUT2D eigenvalue weighted by Gasteiger charge is -2.22. The van der Waals surface area contributed by atoms with Crippen LogP contribution in [-0.2, 0) is 5.41 Å². The number of carbonyl (C=O) groups is 1. The fourth-order valence-electron chi connectivity index (χ4n) is 1.85. The number of hydrogen-bond donors (Lipinski definition) is 1. The zero-order valence-corrected chi connectivity index (χ0v) is 12.5. The lowest BCUT2D eigenvalue weighted by molar-refractivity contribution is 0.0701. The second-order valence-corrected chi connectivity index (χ2v) is 6.31. The Bertz CT molecular complexity index is 617. The topological polar surface area (TPSA) is 50.2 Å². The van der Waals surface area contributed by atoms with E-state index >= 15 is 0 Å².